The number of fused-ring (bicyclic) bond motifs is 1. The molecule has 0 saturated carbocycles. The van der Waals surface area contributed by atoms with Crippen LogP contribution in [0.25, 0.3) is 0 Å². The maximum absolute atomic E-state index is 11.9. The van der Waals surface area contributed by atoms with Crippen molar-refractivity contribution in [1.29, 1.82) is 0 Å². The average Bonchev–Trinajstić information content (AvgIpc) is 2.46. The fraction of sp³-hybridized carbons (Fsp3) is 0.636. The average molecular weight is 207 g/mol. The van der Waals surface area contributed by atoms with Crippen LogP contribution in [0.5, 0.6) is 0 Å². The van der Waals surface area contributed by atoms with Gasteiger partial charge in [-0.1, -0.05) is 20.8 Å². The molecule has 1 aromatic rings. The Morgan fingerprint density at radius 3 is 2.67 bits per heavy atom. The number of rotatable bonds is 0. The van der Waals surface area contributed by atoms with Crippen LogP contribution < -0.4 is 10.9 Å². The molecule has 2 N–H and O–H groups in total. The summed E-state index contributed by atoms with van der Waals surface area (Å²) in [5, 5.41) is 3.22. The topological polar surface area (TPSA) is 57.8 Å². The second-order valence-electron chi connectivity index (χ2n) is 5.13. The van der Waals surface area contributed by atoms with Gasteiger partial charge >= 0.3 is 0 Å². The molecule has 1 aliphatic heterocycles. The highest BCUT2D eigenvalue weighted by atomic mass is 16.1. The Morgan fingerprint density at radius 2 is 2.07 bits per heavy atom. The lowest BCUT2D eigenvalue weighted by molar-refractivity contribution is 0.538. The van der Waals surface area contributed by atoms with Gasteiger partial charge < -0.3 is 10.3 Å². The Bertz CT molecular complexity index is 442. The highest BCUT2D eigenvalue weighted by molar-refractivity contribution is 5.26. The van der Waals surface area contributed by atoms with E-state index in [1.165, 1.54) is 0 Å². The maximum atomic E-state index is 11.9. The number of nitrogens with one attached hydrogen (secondary N) is 2. The molecule has 0 radical (unpaired) electrons. The number of aromatic nitrogens is 2. The van der Waals surface area contributed by atoms with Gasteiger partial charge in [0.05, 0.1) is 11.3 Å². The summed E-state index contributed by atoms with van der Waals surface area (Å²) in [7, 11) is 0. The highest BCUT2D eigenvalue weighted by Crippen LogP contribution is 2.22. The molecule has 1 aliphatic rings. The van der Waals surface area contributed by atoms with Crippen molar-refractivity contribution in [1.82, 2.24) is 15.3 Å². The zero-order valence-electron chi connectivity index (χ0n) is 9.64. The molecule has 1 aromatic heterocycles. The zero-order chi connectivity index (χ0) is 11.2. The first-order valence-electron chi connectivity index (χ1n) is 5.26. The zero-order valence-corrected chi connectivity index (χ0v) is 9.64. The van der Waals surface area contributed by atoms with Gasteiger partial charge in [-0.05, 0) is 6.92 Å². The Kier molecular flexibility index (Phi) is 2.19. The van der Waals surface area contributed by atoms with Crippen LogP contribution in [-0.4, -0.2) is 9.97 Å². The van der Waals surface area contributed by atoms with Crippen molar-refractivity contribution in [3.8, 4) is 0 Å². The van der Waals surface area contributed by atoms with Crippen molar-refractivity contribution >= 4 is 0 Å². The normalized spacial score (nSPS) is 20.4. The molecular weight excluding hydrogens is 190 g/mol. The lowest BCUT2D eigenvalue weighted by Gasteiger charge is -2.17. The van der Waals surface area contributed by atoms with E-state index in [9.17, 15) is 4.79 Å². The molecule has 0 fully saturated rings. The number of nitrogens with zero attached hydrogens (tertiary/aromatic N) is 1. The molecule has 0 spiro atoms. The van der Waals surface area contributed by atoms with Crippen molar-refractivity contribution in [2.45, 2.75) is 45.7 Å². The minimum Gasteiger partial charge on any atom is -0.310 e. The minimum absolute atomic E-state index is 0.00225. The van der Waals surface area contributed by atoms with Gasteiger partial charge in [0.2, 0.25) is 0 Å². The summed E-state index contributed by atoms with van der Waals surface area (Å²) in [6.45, 7) is 8.82. The van der Waals surface area contributed by atoms with Gasteiger partial charge in [0.1, 0.15) is 5.82 Å². The molecule has 0 aromatic carbocycles. The number of hydrogen-bond donors (Lipinski definition) is 2. The Hall–Kier alpha value is -1.16. The molecular formula is C11H17N3O. The lowest BCUT2D eigenvalue weighted by Crippen LogP contribution is -2.25. The molecule has 0 bridgehead atoms. The first-order chi connectivity index (χ1) is 6.89. The van der Waals surface area contributed by atoms with Crippen LogP contribution >= 0.6 is 0 Å². The van der Waals surface area contributed by atoms with Crippen LogP contribution in [0.1, 0.15) is 50.8 Å². The van der Waals surface area contributed by atoms with E-state index in [2.05, 4.69) is 15.3 Å². The van der Waals surface area contributed by atoms with E-state index in [0.29, 0.717) is 6.54 Å². The second-order valence-corrected chi connectivity index (χ2v) is 5.13. The van der Waals surface area contributed by atoms with Crippen molar-refractivity contribution in [2.24, 2.45) is 0 Å². The molecule has 82 valence electrons. The van der Waals surface area contributed by atoms with E-state index in [-0.39, 0.29) is 17.0 Å². The van der Waals surface area contributed by atoms with Crippen LogP contribution in [0.15, 0.2) is 4.79 Å². The standard InChI is InChI=1S/C11H17N3O/c1-6-8-7(5-12-6)13-10(11(2,3)4)14-9(8)15/h6,12H,5H2,1-4H3,(H,13,14,15). The largest absolute Gasteiger partial charge is 0.310 e. The first-order valence-corrected chi connectivity index (χ1v) is 5.26. The third kappa shape index (κ3) is 1.69. The fourth-order valence-corrected chi connectivity index (χ4v) is 1.82. The smallest absolute Gasteiger partial charge is 0.255 e. The monoisotopic (exact) mass is 207 g/mol. The summed E-state index contributed by atoms with van der Waals surface area (Å²) in [6.07, 6.45) is 0. The second kappa shape index (κ2) is 3.17. The van der Waals surface area contributed by atoms with Crippen molar-refractivity contribution in [3.63, 3.8) is 0 Å². The Balaban J connectivity index is 2.59. The van der Waals surface area contributed by atoms with E-state index in [1.807, 2.05) is 27.7 Å². The van der Waals surface area contributed by atoms with Crippen molar-refractivity contribution in [2.75, 3.05) is 0 Å². The Labute approximate surface area is 89.1 Å². The number of aromatic amines is 1. The summed E-state index contributed by atoms with van der Waals surface area (Å²) in [5.74, 6) is 0.766. The molecule has 0 amide bonds. The van der Waals surface area contributed by atoms with Gasteiger partial charge in [-0.3, -0.25) is 4.79 Å². The third-order valence-electron chi connectivity index (χ3n) is 2.75. The van der Waals surface area contributed by atoms with Gasteiger partial charge in [-0.2, -0.15) is 0 Å². The first kappa shape index (κ1) is 10.4. The van der Waals surface area contributed by atoms with Gasteiger partial charge in [0.15, 0.2) is 0 Å². The fourth-order valence-electron chi connectivity index (χ4n) is 1.82. The van der Waals surface area contributed by atoms with Gasteiger partial charge in [0, 0.05) is 18.0 Å². The molecule has 0 saturated heterocycles. The molecule has 15 heavy (non-hydrogen) atoms. The molecule has 4 nitrogen and oxygen atoms in total. The van der Waals surface area contributed by atoms with Crippen LogP contribution in [0, 0.1) is 0 Å². The Morgan fingerprint density at radius 1 is 1.40 bits per heavy atom. The summed E-state index contributed by atoms with van der Waals surface area (Å²) >= 11 is 0. The number of H-pyrrole nitrogens is 1. The predicted molar refractivity (Wildman–Crippen MR) is 58.8 cm³/mol. The van der Waals surface area contributed by atoms with E-state index in [4.69, 9.17) is 0 Å². The predicted octanol–water partition coefficient (Wildman–Crippen LogP) is 1.23. The summed E-state index contributed by atoms with van der Waals surface area (Å²) in [5.41, 5.74) is 1.58. The lowest BCUT2D eigenvalue weighted by atomic mass is 9.95. The summed E-state index contributed by atoms with van der Waals surface area (Å²) in [4.78, 5) is 19.2. The van der Waals surface area contributed by atoms with Gasteiger partial charge in [0.25, 0.3) is 5.56 Å². The van der Waals surface area contributed by atoms with Gasteiger partial charge in [-0.25, -0.2) is 4.98 Å². The van der Waals surface area contributed by atoms with Gasteiger partial charge in [-0.15, -0.1) is 0 Å². The van der Waals surface area contributed by atoms with E-state index >= 15 is 0 Å². The minimum atomic E-state index is -0.111. The SMILES string of the molecule is CC1NCc2nc(C(C)(C)C)[nH]c(=O)c21. The third-order valence-corrected chi connectivity index (χ3v) is 2.75. The van der Waals surface area contributed by atoms with Crippen LogP contribution in [-0.2, 0) is 12.0 Å². The van der Waals surface area contributed by atoms with Crippen LogP contribution in [0.2, 0.25) is 0 Å². The van der Waals surface area contributed by atoms with Crippen LogP contribution in [0.3, 0.4) is 0 Å². The maximum Gasteiger partial charge on any atom is 0.255 e. The van der Waals surface area contributed by atoms with E-state index < -0.39 is 0 Å². The quantitative estimate of drug-likeness (QED) is 0.672. The van der Waals surface area contributed by atoms with E-state index in [0.717, 1.165) is 17.1 Å². The molecule has 4 heteroatoms. The summed E-state index contributed by atoms with van der Waals surface area (Å²) < 4.78 is 0. The van der Waals surface area contributed by atoms with Crippen molar-refractivity contribution < 1.29 is 0 Å². The molecule has 2 heterocycles. The van der Waals surface area contributed by atoms with E-state index in [1.54, 1.807) is 0 Å². The number of hydrogen-bond acceptors (Lipinski definition) is 3. The molecule has 1 unspecified atom stereocenters. The molecule has 2 rings (SSSR count). The highest BCUT2D eigenvalue weighted by Gasteiger charge is 2.26. The molecule has 1 atom stereocenters. The summed E-state index contributed by atoms with van der Waals surface area (Å²) in [6, 6.07) is 0.116. The van der Waals surface area contributed by atoms with Crippen LogP contribution in [0.4, 0.5) is 0 Å². The molecule has 0 aliphatic carbocycles. The van der Waals surface area contributed by atoms with Crippen molar-refractivity contribution in [3.05, 3.63) is 27.4 Å².